The van der Waals surface area contributed by atoms with Crippen molar-refractivity contribution in [1.29, 1.82) is 0 Å². The third kappa shape index (κ3) is 9.17. The van der Waals surface area contributed by atoms with Gasteiger partial charge in [0.25, 0.3) is 0 Å². The van der Waals surface area contributed by atoms with E-state index in [4.69, 9.17) is 9.47 Å². The zero-order chi connectivity index (χ0) is 15.1. The molecule has 0 aliphatic rings. The Morgan fingerprint density at radius 2 is 1.79 bits per heavy atom. The molecule has 0 atom stereocenters. The van der Waals surface area contributed by atoms with Crippen LogP contribution in [0.15, 0.2) is 23.2 Å². The Morgan fingerprint density at radius 3 is 2.21 bits per heavy atom. The lowest BCUT2D eigenvalue weighted by Crippen LogP contribution is -2.33. The summed E-state index contributed by atoms with van der Waals surface area (Å²) in [7, 11) is 0. The van der Waals surface area contributed by atoms with Gasteiger partial charge in [0.15, 0.2) is 0 Å². The number of alkyl carbamates (subject to hydrolysis) is 1. The monoisotopic (exact) mass is 269 g/mol. The van der Waals surface area contributed by atoms with Crippen LogP contribution in [0.3, 0.4) is 0 Å². The van der Waals surface area contributed by atoms with E-state index in [1.807, 2.05) is 41.5 Å². The van der Waals surface area contributed by atoms with Crippen molar-refractivity contribution in [1.82, 2.24) is 5.32 Å². The topological polar surface area (TPSA) is 47.6 Å². The minimum absolute atomic E-state index is 0.324. The molecule has 0 aromatic carbocycles. The first-order chi connectivity index (χ1) is 8.65. The van der Waals surface area contributed by atoms with E-state index in [2.05, 4.69) is 12.2 Å². The summed E-state index contributed by atoms with van der Waals surface area (Å²) in [4.78, 5) is 11.6. The number of allylic oxidation sites excluding steroid dienone is 2. The highest BCUT2D eigenvalue weighted by Gasteiger charge is 2.16. The van der Waals surface area contributed by atoms with Crippen molar-refractivity contribution in [2.75, 3.05) is 6.54 Å². The van der Waals surface area contributed by atoms with Crippen LogP contribution >= 0.6 is 0 Å². The third-order valence-electron chi connectivity index (χ3n) is 2.31. The molecule has 0 aliphatic heterocycles. The van der Waals surface area contributed by atoms with Crippen molar-refractivity contribution < 1.29 is 14.3 Å². The van der Waals surface area contributed by atoms with Crippen molar-refractivity contribution in [2.24, 2.45) is 0 Å². The normalized spacial score (nSPS) is 11.8. The number of ether oxygens (including phenoxy) is 2. The number of hydrogen-bond donors (Lipinski definition) is 1. The number of amides is 1. The van der Waals surface area contributed by atoms with Gasteiger partial charge >= 0.3 is 6.09 Å². The molecular weight excluding hydrogens is 242 g/mol. The van der Waals surface area contributed by atoms with E-state index >= 15 is 0 Å². The lowest BCUT2D eigenvalue weighted by Gasteiger charge is -2.20. The van der Waals surface area contributed by atoms with Crippen molar-refractivity contribution in [2.45, 2.75) is 60.5 Å². The predicted octanol–water partition coefficient (Wildman–Crippen LogP) is 4.14. The van der Waals surface area contributed by atoms with E-state index in [1.54, 1.807) is 6.26 Å². The molecule has 0 saturated carbocycles. The lowest BCUT2D eigenvalue weighted by atomic mass is 10.2. The molecule has 0 unspecified atom stereocenters. The van der Waals surface area contributed by atoms with E-state index in [0.29, 0.717) is 6.54 Å². The predicted molar refractivity (Wildman–Crippen MR) is 77.7 cm³/mol. The molecule has 1 N–H and O–H groups in total. The molecule has 4 nitrogen and oxygen atoms in total. The molecule has 0 aliphatic carbocycles. The van der Waals surface area contributed by atoms with Crippen molar-refractivity contribution in [3.05, 3.63) is 23.2 Å². The first-order valence-electron chi connectivity index (χ1n) is 6.61. The first-order valence-corrected chi connectivity index (χ1v) is 6.61. The van der Waals surface area contributed by atoms with Crippen LogP contribution in [0.25, 0.3) is 0 Å². The van der Waals surface area contributed by atoms with Gasteiger partial charge in [-0.25, -0.2) is 4.79 Å². The fourth-order valence-corrected chi connectivity index (χ4v) is 1.06. The van der Waals surface area contributed by atoms with Gasteiger partial charge in [-0.15, -0.1) is 0 Å². The molecule has 0 bridgehead atoms. The molecule has 0 aromatic rings. The lowest BCUT2D eigenvalue weighted by molar-refractivity contribution is 0.0526. The smallest absolute Gasteiger partial charge is 0.408 e. The molecule has 19 heavy (non-hydrogen) atoms. The van der Waals surface area contributed by atoms with Crippen LogP contribution in [0.4, 0.5) is 4.79 Å². The standard InChI is InChI=1S/C15H27NO3/c1-8-12(4)10-18-13(11(2)3)9-16-14(17)19-15(5,6)7/h10H,8-9H2,1-7H3,(H,16,17)/b12-10-. The van der Waals surface area contributed by atoms with Crippen LogP contribution in [-0.4, -0.2) is 18.2 Å². The number of rotatable bonds is 5. The van der Waals surface area contributed by atoms with Crippen molar-refractivity contribution >= 4 is 6.09 Å². The molecule has 0 radical (unpaired) electrons. The number of nitrogens with one attached hydrogen (secondary N) is 1. The highest BCUT2D eigenvalue weighted by molar-refractivity contribution is 5.67. The fraction of sp³-hybridized carbons (Fsp3) is 0.667. The molecule has 0 aromatic heterocycles. The quantitative estimate of drug-likeness (QED) is 0.763. The Balaban J connectivity index is 4.41. The molecule has 0 spiro atoms. The maximum Gasteiger partial charge on any atom is 0.408 e. The van der Waals surface area contributed by atoms with Gasteiger partial charge in [-0.3, -0.25) is 0 Å². The summed E-state index contributed by atoms with van der Waals surface area (Å²) in [5, 5.41) is 2.69. The molecular formula is C15H27NO3. The van der Waals surface area contributed by atoms with Crippen molar-refractivity contribution in [3.63, 3.8) is 0 Å². The molecule has 0 heterocycles. The van der Waals surface area contributed by atoms with E-state index in [-0.39, 0.29) is 0 Å². The number of hydrogen-bond acceptors (Lipinski definition) is 3. The van der Waals surface area contributed by atoms with Gasteiger partial charge in [0.1, 0.15) is 11.4 Å². The maximum absolute atomic E-state index is 11.6. The Bertz CT molecular complexity index is 358. The average Bonchev–Trinajstić information content (AvgIpc) is 2.25. The molecule has 4 heteroatoms. The number of carbonyl (C=O) groups excluding carboxylic acids is 1. The highest BCUT2D eigenvalue weighted by Crippen LogP contribution is 2.09. The zero-order valence-corrected chi connectivity index (χ0v) is 13.2. The van der Waals surface area contributed by atoms with E-state index in [9.17, 15) is 4.79 Å². The minimum Gasteiger partial charge on any atom is -0.468 e. The Labute approximate surface area is 116 Å². The Hall–Kier alpha value is -1.45. The molecule has 1 amide bonds. The summed E-state index contributed by atoms with van der Waals surface area (Å²) in [6.07, 6.45) is 2.22. The second kappa shape index (κ2) is 7.87. The van der Waals surface area contributed by atoms with Crippen molar-refractivity contribution in [3.8, 4) is 0 Å². The van der Waals surface area contributed by atoms with Crippen LogP contribution in [0.2, 0.25) is 0 Å². The summed E-state index contributed by atoms with van der Waals surface area (Å²) >= 11 is 0. The van der Waals surface area contributed by atoms with Crippen LogP contribution in [0, 0.1) is 0 Å². The summed E-state index contributed by atoms with van der Waals surface area (Å²) in [5.41, 5.74) is 1.68. The summed E-state index contributed by atoms with van der Waals surface area (Å²) in [5.74, 6) is 0.735. The fourth-order valence-electron chi connectivity index (χ4n) is 1.06. The van der Waals surface area contributed by atoms with Gasteiger partial charge in [-0.2, -0.15) is 0 Å². The summed E-state index contributed by atoms with van der Waals surface area (Å²) < 4.78 is 10.8. The van der Waals surface area contributed by atoms with Crippen LogP contribution in [0.1, 0.15) is 54.9 Å². The van der Waals surface area contributed by atoms with Crippen LogP contribution < -0.4 is 5.32 Å². The second-order valence-electron chi connectivity index (χ2n) is 5.71. The molecule has 110 valence electrons. The third-order valence-corrected chi connectivity index (χ3v) is 2.31. The average molecular weight is 269 g/mol. The van der Waals surface area contributed by atoms with Crippen LogP contribution in [-0.2, 0) is 9.47 Å². The van der Waals surface area contributed by atoms with Crippen LogP contribution in [0.5, 0.6) is 0 Å². The molecule has 0 rings (SSSR count). The summed E-state index contributed by atoms with van der Waals surface area (Å²) in [6, 6.07) is 0. The zero-order valence-electron chi connectivity index (χ0n) is 13.2. The van der Waals surface area contributed by atoms with Gasteiger partial charge in [0, 0.05) is 0 Å². The largest absolute Gasteiger partial charge is 0.468 e. The molecule has 0 fully saturated rings. The SMILES string of the molecule is CC/C(C)=C\OC(CNC(=O)OC(C)(C)C)=C(C)C. The van der Waals surface area contributed by atoms with Gasteiger partial charge in [-0.05, 0) is 59.1 Å². The van der Waals surface area contributed by atoms with Gasteiger partial charge in [0.2, 0.25) is 0 Å². The van der Waals surface area contributed by atoms with Gasteiger partial charge in [-0.1, -0.05) is 6.92 Å². The van der Waals surface area contributed by atoms with Gasteiger partial charge < -0.3 is 14.8 Å². The maximum atomic E-state index is 11.6. The van der Waals surface area contributed by atoms with Gasteiger partial charge in [0.05, 0.1) is 12.8 Å². The van der Waals surface area contributed by atoms with E-state index in [0.717, 1.165) is 23.3 Å². The molecule has 0 saturated heterocycles. The summed E-state index contributed by atoms with van der Waals surface area (Å²) in [6.45, 7) is 13.8. The Morgan fingerprint density at radius 1 is 1.21 bits per heavy atom. The highest BCUT2D eigenvalue weighted by atomic mass is 16.6. The minimum atomic E-state index is -0.491. The second-order valence-corrected chi connectivity index (χ2v) is 5.71. The van der Waals surface area contributed by atoms with E-state index < -0.39 is 11.7 Å². The number of carbonyl (C=O) groups is 1. The Kier molecular flexibility index (Phi) is 7.27. The van der Waals surface area contributed by atoms with E-state index in [1.165, 1.54) is 0 Å². The first kappa shape index (κ1) is 17.6.